The fourth-order valence-corrected chi connectivity index (χ4v) is 5.18. The molecule has 1 unspecified atom stereocenters. The molecule has 1 atom stereocenters. The van der Waals surface area contributed by atoms with Crippen molar-refractivity contribution in [2.45, 2.75) is 32.9 Å². The van der Waals surface area contributed by atoms with Crippen molar-refractivity contribution in [2.75, 3.05) is 4.90 Å². The minimum Gasteiger partial charge on any atom is -0.303 e. The Kier molecular flexibility index (Phi) is 5.51. The number of thiocarbonyl (C=S) groups is 1. The highest BCUT2D eigenvalue weighted by molar-refractivity contribution is 8.26. The number of thioether (sulfide) groups is 1. The molecule has 1 saturated heterocycles. The number of nitrogens with zero attached hydrogens (tertiary/aromatic N) is 2. The number of benzene rings is 2. The highest BCUT2D eigenvalue weighted by Crippen LogP contribution is 2.45. The molecule has 0 aliphatic carbocycles. The van der Waals surface area contributed by atoms with Crippen LogP contribution in [0.5, 0.6) is 0 Å². The van der Waals surface area contributed by atoms with E-state index in [1.165, 1.54) is 11.8 Å². The second-order valence-electron chi connectivity index (χ2n) is 7.04. The summed E-state index contributed by atoms with van der Waals surface area (Å²) in [6.07, 6.45) is 0.794. The van der Waals surface area contributed by atoms with Crippen molar-refractivity contribution in [1.82, 2.24) is 4.90 Å². The number of amides is 2. The summed E-state index contributed by atoms with van der Waals surface area (Å²) in [5, 5.41) is 0.649. The van der Waals surface area contributed by atoms with Gasteiger partial charge in [-0.3, -0.25) is 14.5 Å². The lowest BCUT2D eigenvalue weighted by molar-refractivity contribution is -0.123. The molecular weight excluding hydrogens is 424 g/mol. The molecule has 0 aromatic heterocycles. The van der Waals surface area contributed by atoms with E-state index in [0.29, 0.717) is 26.4 Å². The summed E-state index contributed by atoms with van der Waals surface area (Å²) in [7, 11) is 0. The van der Waals surface area contributed by atoms with Crippen LogP contribution in [0.25, 0.3) is 5.57 Å². The van der Waals surface area contributed by atoms with Crippen molar-refractivity contribution < 1.29 is 9.59 Å². The van der Waals surface area contributed by atoms with Crippen LogP contribution in [0.3, 0.4) is 0 Å². The molecule has 29 heavy (non-hydrogen) atoms. The first-order valence-electron chi connectivity index (χ1n) is 9.37. The summed E-state index contributed by atoms with van der Waals surface area (Å²) < 4.78 is 0.508. The number of hydrogen-bond acceptors (Lipinski definition) is 4. The molecule has 2 aromatic rings. The normalized spacial score (nSPS) is 19.9. The van der Waals surface area contributed by atoms with E-state index in [4.69, 9.17) is 23.8 Å². The maximum absolute atomic E-state index is 13.4. The summed E-state index contributed by atoms with van der Waals surface area (Å²) in [6.45, 7) is 4.39. The van der Waals surface area contributed by atoms with Crippen molar-refractivity contribution >= 4 is 63.0 Å². The van der Waals surface area contributed by atoms with Gasteiger partial charge in [0.1, 0.15) is 4.32 Å². The SMILES string of the molecule is CCC(C)N1C(=O)C(=C2C(=O)N(Cc3ccc(Cl)cc3)c3ccccc32)SC1=S. The molecule has 0 bridgehead atoms. The molecule has 0 N–H and O–H groups in total. The number of carbonyl (C=O) groups excluding carboxylic acids is 2. The summed E-state index contributed by atoms with van der Waals surface area (Å²) >= 11 is 12.7. The predicted molar refractivity (Wildman–Crippen MR) is 123 cm³/mol. The van der Waals surface area contributed by atoms with Gasteiger partial charge >= 0.3 is 0 Å². The highest BCUT2D eigenvalue weighted by atomic mass is 35.5. The first-order valence-corrected chi connectivity index (χ1v) is 11.0. The third kappa shape index (κ3) is 3.50. The third-order valence-electron chi connectivity index (χ3n) is 5.23. The number of para-hydroxylation sites is 1. The molecule has 2 aliphatic rings. The van der Waals surface area contributed by atoms with Gasteiger partial charge in [0.2, 0.25) is 0 Å². The summed E-state index contributed by atoms with van der Waals surface area (Å²) in [5.74, 6) is -0.355. The Morgan fingerprint density at radius 2 is 1.76 bits per heavy atom. The third-order valence-corrected chi connectivity index (χ3v) is 6.89. The fraction of sp³-hybridized carbons (Fsp3) is 0.227. The number of rotatable bonds is 4. The highest BCUT2D eigenvalue weighted by Gasteiger charge is 2.42. The zero-order chi connectivity index (χ0) is 20.7. The monoisotopic (exact) mass is 442 g/mol. The molecule has 4 rings (SSSR count). The van der Waals surface area contributed by atoms with Gasteiger partial charge in [-0.1, -0.05) is 72.8 Å². The fourth-order valence-electron chi connectivity index (χ4n) is 3.52. The minimum atomic E-state index is -0.180. The Morgan fingerprint density at radius 1 is 1.07 bits per heavy atom. The molecule has 0 radical (unpaired) electrons. The van der Waals surface area contributed by atoms with Crippen LogP contribution in [-0.4, -0.2) is 27.1 Å². The topological polar surface area (TPSA) is 40.6 Å². The van der Waals surface area contributed by atoms with Crippen molar-refractivity contribution in [3.05, 3.63) is 69.6 Å². The van der Waals surface area contributed by atoms with Crippen LogP contribution in [0.1, 0.15) is 31.4 Å². The van der Waals surface area contributed by atoms with E-state index in [9.17, 15) is 9.59 Å². The van der Waals surface area contributed by atoms with Gasteiger partial charge < -0.3 is 4.90 Å². The zero-order valence-electron chi connectivity index (χ0n) is 16.0. The van der Waals surface area contributed by atoms with Gasteiger partial charge in [0, 0.05) is 16.6 Å². The van der Waals surface area contributed by atoms with E-state index >= 15 is 0 Å². The summed E-state index contributed by atoms with van der Waals surface area (Å²) in [5.41, 5.74) is 2.98. The molecule has 1 fully saturated rings. The maximum Gasteiger partial charge on any atom is 0.267 e. The number of fused-ring (bicyclic) bond motifs is 1. The Labute approximate surface area is 184 Å². The van der Waals surface area contributed by atoms with Crippen LogP contribution in [0.15, 0.2) is 53.4 Å². The van der Waals surface area contributed by atoms with Crippen molar-refractivity contribution in [3.63, 3.8) is 0 Å². The van der Waals surface area contributed by atoms with E-state index in [1.54, 1.807) is 9.80 Å². The second-order valence-corrected chi connectivity index (χ2v) is 9.12. The first-order chi connectivity index (χ1) is 13.9. The number of anilines is 1. The van der Waals surface area contributed by atoms with E-state index in [1.807, 2.05) is 62.4 Å². The second kappa shape index (κ2) is 7.94. The molecule has 4 nitrogen and oxygen atoms in total. The number of hydrogen-bond donors (Lipinski definition) is 0. The molecule has 7 heteroatoms. The summed E-state index contributed by atoms with van der Waals surface area (Å²) in [4.78, 5) is 30.3. The van der Waals surface area contributed by atoms with Crippen LogP contribution in [-0.2, 0) is 16.1 Å². The average Bonchev–Trinajstić information content (AvgIpc) is 3.16. The maximum atomic E-state index is 13.4. The number of halogens is 1. The standard InChI is InChI=1S/C22H19ClN2O2S2/c1-3-13(2)25-21(27)19(29-22(25)28)18-16-6-4-5-7-17(16)24(20(18)26)12-14-8-10-15(23)11-9-14/h4-11,13H,3,12H2,1-2H3. The Hall–Kier alpha value is -2.15. The molecule has 0 spiro atoms. The Balaban J connectivity index is 1.77. The lowest BCUT2D eigenvalue weighted by Gasteiger charge is -2.21. The van der Waals surface area contributed by atoms with Gasteiger partial charge in [0.15, 0.2) is 0 Å². The van der Waals surface area contributed by atoms with Crippen molar-refractivity contribution in [1.29, 1.82) is 0 Å². The zero-order valence-corrected chi connectivity index (χ0v) is 18.4. The average molecular weight is 443 g/mol. The quantitative estimate of drug-likeness (QED) is 0.478. The molecule has 148 valence electrons. The van der Waals surface area contributed by atoms with Gasteiger partial charge in [-0.25, -0.2) is 0 Å². The van der Waals surface area contributed by atoms with Gasteiger partial charge in [-0.2, -0.15) is 0 Å². The van der Waals surface area contributed by atoms with E-state index < -0.39 is 0 Å². The van der Waals surface area contributed by atoms with Crippen LogP contribution in [0.2, 0.25) is 5.02 Å². The first kappa shape index (κ1) is 20.1. The van der Waals surface area contributed by atoms with Gasteiger partial charge in [0.25, 0.3) is 11.8 Å². The molecule has 2 aliphatic heterocycles. The minimum absolute atomic E-state index is 0.00230. The number of carbonyl (C=O) groups is 2. The van der Waals surface area contributed by atoms with E-state index in [-0.39, 0.29) is 17.9 Å². The van der Waals surface area contributed by atoms with Gasteiger partial charge in [-0.05, 0) is 37.1 Å². The lowest BCUT2D eigenvalue weighted by atomic mass is 10.1. The molecule has 2 aromatic carbocycles. The van der Waals surface area contributed by atoms with Crippen LogP contribution in [0, 0.1) is 0 Å². The predicted octanol–water partition coefficient (Wildman–Crippen LogP) is 5.26. The van der Waals surface area contributed by atoms with Gasteiger partial charge in [-0.15, -0.1) is 0 Å². The Morgan fingerprint density at radius 3 is 2.45 bits per heavy atom. The molecule has 2 amide bonds. The van der Waals surface area contributed by atoms with Crippen LogP contribution in [0.4, 0.5) is 5.69 Å². The smallest absolute Gasteiger partial charge is 0.267 e. The summed E-state index contributed by atoms with van der Waals surface area (Å²) in [6, 6.07) is 15.0. The molecule has 2 heterocycles. The largest absolute Gasteiger partial charge is 0.303 e. The van der Waals surface area contributed by atoms with Gasteiger partial charge in [0.05, 0.1) is 22.7 Å². The lowest BCUT2D eigenvalue weighted by Crippen LogP contribution is -2.36. The van der Waals surface area contributed by atoms with Crippen molar-refractivity contribution in [2.24, 2.45) is 0 Å². The Bertz CT molecular complexity index is 1050. The van der Waals surface area contributed by atoms with Crippen LogP contribution >= 0.6 is 35.6 Å². The van der Waals surface area contributed by atoms with E-state index in [0.717, 1.165) is 23.2 Å². The van der Waals surface area contributed by atoms with E-state index in [2.05, 4.69) is 0 Å². The molecular formula is C22H19ClN2O2S2. The molecule has 0 saturated carbocycles. The van der Waals surface area contributed by atoms with Crippen molar-refractivity contribution in [3.8, 4) is 0 Å². The van der Waals surface area contributed by atoms with Crippen LogP contribution < -0.4 is 4.90 Å².